The second kappa shape index (κ2) is 6.43. The van der Waals surface area contributed by atoms with Gasteiger partial charge in [0.1, 0.15) is 18.3 Å². The molecule has 1 rings (SSSR count). The Morgan fingerprint density at radius 2 is 1.95 bits per heavy atom. The summed E-state index contributed by atoms with van der Waals surface area (Å²) in [5, 5.41) is 0. The summed E-state index contributed by atoms with van der Waals surface area (Å²) in [5.74, 6) is -1.33. The summed E-state index contributed by atoms with van der Waals surface area (Å²) in [6.07, 6.45) is -4.49. The molecule has 112 valence electrons. The monoisotopic (exact) mass is 305 g/mol. The first-order chi connectivity index (χ1) is 9.12. The fraction of sp³-hybridized carbons (Fsp3) is 0.500. The van der Waals surface area contributed by atoms with E-state index in [0.29, 0.717) is 5.75 Å². The van der Waals surface area contributed by atoms with Gasteiger partial charge in [0.15, 0.2) is 0 Å². The average molecular weight is 305 g/mol. The van der Waals surface area contributed by atoms with Crippen molar-refractivity contribution < 1.29 is 17.9 Å². The number of hydrogen-bond donors (Lipinski definition) is 1. The summed E-state index contributed by atoms with van der Waals surface area (Å²) < 4.78 is 43.6. The molecule has 2 N–H and O–H groups in total. The number of rotatable bonds is 5. The second-order valence-corrected chi connectivity index (χ2v) is 5.47. The number of thiocarbonyl (C=S) groups is 1. The van der Waals surface area contributed by atoms with Gasteiger partial charge in [0.2, 0.25) is 0 Å². The van der Waals surface area contributed by atoms with E-state index in [1.165, 1.54) is 0 Å². The molecule has 0 aliphatic heterocycles. The Hall–Kier alpha value is -1.30. The number of aryl methyl sites for hydroxylation is 1. The molecule has 1 unspecified atom stereocenters. The molecule has 0 amide bonds. The Morgan fingerprint density at radius 1 is 1.35 bits per heavy atom. The van der Waals surface area contributed by atoms with Crippen LogP contribution in [0.3, 0.4) is 0 Å². The maximum absolute atomic E-state index is 12.8. The lowest BCUT2D eigenvalue weighted by molar-refractivity contribution is -0.161. The summed E-state index contributed by atoms with van der Waals surface area (Å²) in [5.41, 5.74) is 6.93. The minimum Gasteiger partial charge on any atom is -0.492 e. The van der Waals surface area contributed by atoms with Crippen LogP contribution in [0, 0.1) is 12.8 Å². The Kier molecular flexibility index (Phi) is 5.39. The highest BCUT2D eigenvalue weighted by atomic mass is 32.1. The molecule has 0 aliphatic carbocycles. The minimum atomic E-state index is -4.49. The van der Waals surface area contributed by atoms with Crippen molar-refractivity contribution in [2.45, 2.75) is 32.9 Å². The van der Waals surface area contributed by atoms with Gasteiger partial charge >= 0.3 is 6.18 Å². The lowest BCUT2D eigenvalue weighted by Crippen LogP contribution is -2.38. The summed E-state index contributed by atoms with van der Waals surface area (Å²) in [6, 6.07) is 5.48. The van der Waals surface area contributed by atoms with Crippen molar-refractivity contribution in [3.05, 3.63) is 29.3 Å². The zero-order chi connectivity index (χ0) is 15.5. The lowest BCUT2D eigenvalue weighted by atomic mass is 10.0. The number of alkyl halides is 3. The van der Waals surface area contributed by atoms with E-state index in [0.717, 1.165) is 11.1 Å². The van der Waals surface area contributed by atoms with Crippen LogP contribution in [0.25, 0.3) is 0 Å². The predicted octanol–water partition coefficient (Wildman–Crippen LogP) is 3.96. The Balaban J connectivity index is 2.93. The molecule has 0 bridgehead atoms. The molecular formula is C14H18F3NOS. The molecule has 0 heterocycles. The van der Waals surface area contributed by atoms with Crippen LogP contribution >= 0.6 is 12.2 Å². The molecule has 0 radical (unpaired) electrons. The van der Waals surface area contributed by atoms with E-state index in [1.54, 1.807) is 6.07 Å². The van der Waals surface area contributed by atoms with E-state index < -0.39 is 23.7 Å². The highest BCUT2D eigenvalue weighted by molar-refractivity contribution is 7.80. The van der Waals surface area contributed by atoms with Crippen molar-refractivity contribution in [1.29, 1.82) is 0 Å². The van der Waals surface area contributed by atoms with Crippen LogP contribution in [0.1, 0.15) is 30.9 Å². The van der Waals surface area contributed by atoms with E-state index in [4.69, 9.17) is 10.5 Å². The molecule has 0 saturated heterocycles. The number of benzene rings is 1. The van der Waals surface area contributed by atoms with Crippen LogP contribution < -0.4 is 10.5 Å². The third-order valence-electron chi connectivity index (χ3n) is 2.94. The van der Waals surface area contributed by atoms with Crippen LogP contribution in [-0.2, 0) is 0 Å². The zero-order valence-electron chi connectivity index (χ0n) is 11.6. The lowest BCUT2D eigenvalue weighted by Gasteiger charge is -2.21. The Bertz CT molecular complexity index is 486. The van der Waals surface area contributed by atoms with E-state index in [9.17, 15) is 13.2 Å². The van der Waals surface area contributed by atoms with E-state index in [2.05, 4.69) is 12.2 Å². The molecule has 20 heavy (non-hydrogen) atoms. The summed E-state index contributed by atoms with van der Waals surface area (Å²) in [7, 11) is 0. The molecule has 1 aromatic rings. The van der Waals surface area contributed by atoms with Crippen LogP contribution in [0.5, 0.6) is 5.75 Å². The molecule has 1 aromatic carbocycles. The van der Waals surface area contributed by atoms with Crippen molar-refractivity contribution in [3.8, 4) is 5.75 Å². The maximum Gasteiger partial charge on any atom is 0.401 e. The molecule has 0 aromatic heterocycles. The molecular weight excluding hydrogens is 287 g/mol. The van der Waals surface area contributed by atoms with Crippen molar-refractivity contribution in [2.75, 3.05) is 6.61 Å². The predicted molar refractivity (Wildman–Crippen MR) is 77.1 cm³/mol. The number of hydrogen-bond acceptors (Lipinski definition) is 2. The van der Waals surface area contributed by atoms with Crippen LogP contribution in [-0.4, -0.2) is 17.8 Å². The minimum absolute atomic E-state index is 0.153. The first-order valence-electron chi connectivity index (χ1n) is 6.22. The van der Waals surface area contributed by atoms with Gasteiger partial charge in [0.25, 0.3) is 0 Å². The summed E-state index contributed by atoms with van der Waals surface area (Å²) in [6.45, 7) is 5.16. The van der Waals surface area contributed by atoms with Gasteiger partial charge in [-0.2, -0.15) is 13.2 Å². The molecule has 6 heteroatoms. The van der Waals surface area contributed by atoms with Crippen LogP contribution in [0.2, 0.25) is 0 Å². The normalized spacial score (nSPS) is 13.3. The number of halogens is 3. The van der Waals surface area contributed by atoms with Crippen molar-refractivity contribution >= 4 is 17.2 Å². The van der Waals surface area contributed by atoms with E-state index >= 15 is 0 Å². The fourth-order valence-electron chi connectivity index (χ4n) is 1.75. The summed E-state index contributed by atoms with van der Waals surface area (Å²) in [4.78, 5) is -0.601. The maximum atomic E-state index is 12.8. The zero-order valence-corrected chi connectivity index (χ0v) is 12.4. The Morgan fingerprint density at radius 3 is 2.40 bits per heavy atom. The topological polar surface area (TPSA) is 35.2 Å². The smallest absolute Gasteiger partial charge is 0.401 e. The highest BCUT2D eigenvalue weighted by Crippen LogP contribution is 2.31. The van der Waals surface area contributed by atoms with Gasteiger partial charge in [-0.3, -0.25) is 0 Å². The molecule has 0 aliphatic rings. The van der Waals surface area contributed by atoms with E-state index in [1.807, 2.05) is 32.9 Å². The van der Waals surface area contributed by atoms with E-state index in [-0.39, 0.29) is 5.92 Å². The van der Waals surface area contributed by atoms with Crippen LogP contribution in [0.4, 0.5) is 13.2 Å². The van der Waals surface area contributed by atoms with Gasteiger partial charge < -0.3 is 10.5 Å². The second-order valence-electron chi connectivity index (χ2n) is 5.00. The number of nitrogens with two attached hydrogens (primary N) is 1. The van der Waals surface area contributed by atoms with Crippen molar-refractivity contribution in [2.24, 2.45) is 11.7 Å². The number of ether oxygens (including phenoxy) is 1. The summed E-state index contributed by atoms with van der Waals surface area (Å²) >= 11 is 4.47. The third-order valence-corrected chi connectivity index (χ3v) is 3.22. The molecule has 2 nitrogen and oxygen atoms in total. The average Bonchev–Trinajstić information content (AvgIpc) is 2.26. The molecule has 1 atom stereocenters. The molecule has 0 saturated carbocycles. The SMILES string of the molecule is Cc1ccc(C(C)C)c(OCC(C(N)=S)C(F)(F)F)c1. The van der Waals surface area contributed by atoms with Gasteiger partial charge in [0.05, 0.1) is 4.99 Å². The highest BCUT2D eigenvalue weighted by Gasteiger charge is 2.42. The fourth-order valence-corrected chi connectivity index (χ4v) is 1.96. The van der Waals surface area contributed by atoms with Gasteiger partial charge in [-0.05, 0) is 30.0 Å². The standard InChI is InChI=1S/C14H18F3NOS/c1-8(2)10-5-4-9(3)6-12(10)19-7-11(13(18)20)14(15,16)17/h4-6,8,11H,7H2,1-3H3,(H2,18,20). The Labute approximate surface area is 122 Å². The van der Waals surface area contributed by atoms with Gasteiger partial charge in [-0.15, -0.1) is 0 Å². The third kappa shape index (κ3) is 4.37. The van der Waals surface area contributed by atoms with Gasteiger partial charge in [-0.25, -0.2) is 0 Å². The first-order valence-corrected chi connectivity index (χ1v) is 6.63. The van der Waals surface area contributed by atoms with Crippen LogP contribution in [0.15, 0.2) is 18.2 Å². The molecule has 0 fully saturated rings. The van der Waals surface area contributed by atoms with Gasteiger partial charge in [-0.1, -0.05) is 38.2 Å². The molecule has 0 spiro atoms. The van der Waals surface area contributed by atoms with Crippen molar-refractivity contribution in [3.63, 3.8) is 0 Å². The van der Waals surface area contributed by atoms with Crippen molar-refractivity contribution in [1.82, 2.24) is 0 Å². The van der Waals surface area contributed by atoms with Gasteiger partial charge in [0, 0.05) is 0 Å². The largest absolute Gasteiger partial charge is 0.492 e. The quantitative estimate of drug-likeness (QED) is 0.836. The first kappa shape index (κ1) is 16.8.